The van der Waals surface area contributed by atoms with Crippen molar-refractivity contribution >= 4 is 11.9 Å². The first-order valence-corrected chi connectivity index (χ1v) is 6.24. The third-order valence-corrected chi connectivity index (χ3v) is 2.88. The number of nitrogens with one attached hydrogen (secondary N) is 1. The van der Waals surface area contributed by atoms with Gasteiger partial charge >= 0.3 is 5.97 Å². The Balaban J connectivity index is 2.57. The molecule has 0 fully saturated rings. The minimum Gasteiger partial charge on any atom is -0.469 e. The van der Waals surface area contributed by atoms with Crippen LogP contribution in [0.15, 0.2) is 42.5 Å². The molecule has 0 aromatic heterocycles. The Bertz CT molecular complexity index is 484. The fourth-order valence-electron chi connectivity index (χ4n) is 1.65. The highest BCUT2D eigenvalue weighted by atomic mass is 16.5. The van der Waals surface area contributed by atoms with Crippen LogP contribution in [0.5, 0.6) is 0 Å². The first kappa shape index (κ1) is 15.9. The summed E-state index contributed by atoms with van der Waals surface area (Å²) >= 11 is 0. The van der Waals surface area contributed by atoms with Gasteiger partial charge in [0.1, 0.15) is 0 Å². The number of aliphatic hydroxyl groups is 1. The number of carbonyl (C=O) groups is 2. The number of aliphatic hydroxyl groups excluding tert-OH is 1. The summed E-state index contributed by atoms with van der Waals surface area (Å²) in [6.45, 7) is 5.21. The van der Waals surface area contributed by atoms with Crippen LogP contribution in [-0.2, 0) is 14.3 Å². The van der Waals surface area contributed by atoms with Crippen molar-refractivity contribution in [1.29, 1.82) is 0 Å². The molecule has 0 saturated carbocycles. The smallest absolute Gasteiger partial charge is 0.310 e. The van der Waals surface area contributed by atoms with Gasteiger partial charge in [-0.1, -0.05) is 36.9 Å². The summed E-state index contributed by atoms with van der Waals surface area (Å²) in [6.07, 6.45) is -0.998. The highest BCUT2D eigenvalue weighted by molar-refractivity contribution is 5.97. The molecule has 0 heterocycles. The van der Waals surface area contributed by atoms with E-state index in [1.807, 2.05) is 18.2 Å². The lowest BCUT2D eigenvalue weighted by atomic mass is 10.0. The second-order valence-corrected chi connectivity index (χ2v) is 4.47. The van der Waals surface area contributed by atoms with Crippen molar-refractivity contribution in [1.82, 2.24) is 5.32 Å². The maximum atomic E-state index is 11.8. The Morgan fingerprint density at radius 2 is 1.95 bits per heavy atom. The van der Waals surface area contributed by atoms with E-state index in [0.717, 1.165) is 0 Å². The SMILES string of the molecule is C=C(CC(=O)OC)C(=O)N[C@@H](C)[C@H](O)c1ccccc1. The zero-order chi connectivity index (χ0) is 15.1. The highest BCUT2D eigenvalue weighted by Crippen LogP contribution is 2.16. The van der Waals surface area contributed by atoms with Gasteiger partial charge in [0, 0.05) is 5.57 Å². The van der Waals surface area contributed by atoms with Gasteiger partial charge in [0.15, 0.2) is 0 Å². The number of amides is 1. The predicted molar refractivity (Wildman–Crippen MR) is 74.8 cm³/mol. The average Bonchev–Trinajstić information content (AvgIpc) is 2.46. The topological polar surface area (TPSA) is 75.6 Å². The number of hydrogen-bond donors (Lipinski definition) is 2. The van der Waals surface area contributed by atoms with Crippen LogP contribution in [0.4, 0.5) is 0 Å². The molecule has 108 valence electrons. The fraction of sp³-hybridized carbons (Fsp3) is 0.333. The molecule has 0 aliphatic rings. The molecule has 1 aromatic rings. The fourth-order valence-corrected chi connectivity index (χ4v) is 1.65. The molecule has 2 N–H and O–H groups in total. The van der Waals surface area contributed by atoms with Gasteiger partial charge in [0.25, 0.3) is 0 Å². The quantitative estimate of drug-likeness (QED) is 0.608. The Labute approximate surface area is 118 Å². The standard InChI is InChI=1S/C15H19NO4/c1-10(9-13(17)20-3)15(19)16-11(2)14(18)12-7-5-4-6-8-12/h4-8,11,14,18H,1,9H2,2-3H3,(H,16,19)/t11-,14-/m0/s1. The monoisotopic (exact) mass is 277 g/mol. The number of methoxy groups -OCH3 is 1. The normalized spacial score (nSPS) is 13.2. The third-order valence-electron chi connectivity index (χ3n) is 2.88. The highest BCUT2D eigenvalue weighted by Gasteiger charge is 2.20. The van der Waals surface area contributed by atoms with E-state index in [1.54, 1.807) is 19.1 Å². The molecule has 0 aliphatic carbocycles. The number of rotatable bonds is 6. The van der Waals surface area contributed by atoms with Gasteiger partial charge < -0.3 is 15.2 Å². The van der Waals surface area contributed by atoms with E-state index in [9.17, 15) is 14.7 Å². The summed E-state index contributed by atoms with van der Waals surface area (Å²) in [5.74, 6) is -1.00. The summed E-state index contributed by atoms with van der Waals surface area (Å²) in [4.78, 5) is 22.9. The van der Waals surface area contributed by atoms with Crippen LogP contribution in [0, 0.1) is 0 Å². The van der Waals surface area contributed by atoms with Crippen molar-refractivity contribution in [3.8, 4) is 0 Å². The van der Waals surface area contributed by atoms with Gasteiger partial charge in [-0.05, 0) is 12.5 Å². The van der Waals surface area contributed by atoms with Crippen LogP contribution < -0.4 is 5.32 Å². The maximum absolute atomic E-state index is 11.8. The van der Waals surface area contributed by atoms with Crippen LogP contribution in [0.25, 0.3) is 0 Å². The Hall–Kier alpha value is -2.14. The number of ether oxygens (including phenoxy) is 1. The zero-order valence-corrected chi connectivity index (χ0v) is 11.6. The van der Waals surface area contributed by atoms with Gasteiger partial charge in [-0.2, -0.15) is 0 Å². The largest absolute Gasteiger partial charge is 0.469 e. The summed E-state index contributed by atoms with van der Waals surface area (Å²) in [6, 6.07) is 8.51. The van der Waals surface area contributed by atoms with Gasteiger partial charge in [-0.3, -0.25) is 9.59 Å². The van der Waals surface area contributed by atoms with Crippen LogP contribution in [0.2, 0.25) is 0 Å². The van der Waals surface area contributed by atoms with Crippen molar-refractivity contribution in [2.75, 3.05) is 7.11 Å². The Kier molecular flexibility index (Phi) is 5.93. The lowest BCUT2D eigenvalue weighted by Crippen LogP contribution is -2.38. The molecule has 0 aliphatic heterocycles. The molecule has 2 atom stereocenters. The average molecular weight is 277 g/mol. The first-order chi connectivity index (χ1) is 9.45. The molecule has 0 unspecified atom stereocenters. The van der Waals surface area contributed by atoms with E-state index in [0.29, 0.717) is 5.56 Å². The second-order valence-electron chi connectivity index (χ2n) is 4.47. The van der Waals surface area contributed by atoms with Gasteiger partial charge in [0.2, 0.25) is 5.91 Å². The third kappa shape index (κ3) is 4.51. The number of esters is 1. The minimum atomic E-state index is -0.828. The van der Waals surface area contributed by atoms with E-state index in [-0.39, 0.29) is 12.0 Å². The van der Waals surface area contributed by atoms with Crippen molar-refractivity contribution in [3.05, 3.63) is 48.0 Å². The molecule has 0 radical (unpaired) electrons. The van der Waals surface area contributed by atoms with E-state index in [4.69, 9.17) is 0 Å². The number of benzene rings is 1. The molecular formula is C15H19NO4. The minimum absolute atomic E-state index is 0.101. The van der Waals surface area contributed by atoms with E-state index in [2.05, 4.69) is 16.6 Å². The summed E-state index contributed by atoms with van der Waals surface area (Å²) in [5.41, 5.74) is 0.808. The second kappa shape index (κ2) is 7.45. The van der Waals surface area contributed by atoms with Crippen molar-refractivity contribution in [2.24, 2.45) is 0 Å². The van der Waals surface area contributed by atoms with Gasteiger partial charge in [-0.15, -0.1) is 0 Å². The summed E-state index contributed by atoms with van der Waals surface area (Å²) < 4.78 is 4.46. The molecule has 5 heteroatoms. The van der Waals surface area contributed by atoms with E-state index >= 15 is 0 Å². The Morgan fingerprint density at radius 1 is 1.35 bits per heavy atom. The molecule has 1 aromatic carbocycles. The molecule has 0 bridgehead atoms. The van der Waals surface area contributed by atoms with Crippen LogP contribution in [0.3, 0.4) is 0 Å². The lowest BCUT2D eigenvalue weighted by molar-refractivity contribution is -0.140. The molecule has 0 saturated heterocycles. The number of hydrogen-bond acceptors (Lipinski definition) is 4. The van der Waals surface area contributed by atoms with Crippen molar-refractivity contribution < 1.29 is 19.4 Å². The van der Waals surface area contributed by atoms with Crippen LogP contribution in [-0.4, -0.2) is 30.1 Å². The zero-order valence-electron chi connectivity index (χ0n) is 11.6. The molecule has 1 rings (SSSR count). The molecule has 5 nitrogen and oxygen atoms in total. The molecular weight excluding hydrogens is 258 g/mol. The molecule has 20 heavy (non-hydrogen) atoms. The molecule has 0 spiro atoms. The van der Waals surface area contributed by atoms with Crippen molar-refractivity contribution in [3.63, 3.8) is 0 Å². The van der Waals surface area contributed by atoms with Crippen molar-refractivity contribution in [2.45, 2.75) is 25.5 Å². The predicted octanol–water partition coefficient (Wildman–Crippen LogP) is 1.34. The lowest BCUT2D eigenvalue weighted by Gasteiger charge is -2.21. The Morgan fingerprint density at radius 3 is 2.50 bits per heavy atom. The van der Waals surface area contributed by atoms with E-state index in [1.165, 1.54) is 7.11 Å². The van der Waals surface area contributed by atoms with Crippen LogP contribution >= 0.6 is 0 Å². The summed E-state index contributed by atoms with van der Waals surface area (Å²) in [7, 11) is 1.25. The number of carbonyl (C=O) groups excluding carboxylic acids is 2. The van der Waals surface area contributed by atoms with E-state index < -0.39 is 24.0 Å². The first-order valence-electron chi connectivity index (χ1n) is 6.24. The maximum Gasteiger partial charge on any atom is 0.310 e. The van der Waals surface area contributed by atoms with Gasteiger partial charge in [0.05, 0.1) is 25.7 Å². The molecule has 1 amide bonds. The van der Waals surface area contributed by atoms with Gasteiger partial charge in [-0.25, -0.2) is 0 Å². The summed E-state index contributed by atoms with van der Waals surface area (Å²) in [5, 5.41) is 12.7. The van der Waals surface area contributed by atoms with Crippen LogP contribution in [0.1, 0.15) is 25.0 Å².